The summed E-state index contributed by atoms with van der Waals surface area (Å²) in [6.07, 6.45) is 7.63. The van der Waals surface area contributed by atoms with Crippen molar-refractivity contribution >= 4 is 5.91 Å². The Morgan fingerprint density at radius 3 is 2.80 bits per heavy atom. The van der Waals surface area contributed by atoms with Crippen LogP contribution in [-0.2, 0) is 4.79 Å². The van der Waals surface area contributed by atoms with Gasteiger partial charge in [-0.05, 0) is 43.6 Å². The van der Waals surface area contributed by atoms with E-state index < -0.39 is 0 Å². The normalized spacial score (nSPS) is 34.4. The first-order chi connectivity index (χ1) is 9.54. The van der Waals surface area contributed by atoms with Gasteiger partial charge in [0, 0.05) is 13.1 Å². The first kappa shape index (κ1) is 15.8. The van der Waals surface area contributed by atoms with Gasteiger partial charge in [-0.25, -0.2) is 0 Å². The quantitative estimate of drug-likeness (QED) is 0.813. The Kier molecular flexibility index (Phi) is 5.48. The molecule has 116 valence electrons. The molecule has 3 heteroatoms. The van der Waals surface area contributed by atoms with Gasteiger partial charge in [-0.1, -0.05) is 40.0 Å². The molecule has 2 fully saturated rings. The fourth-order valence-electron chi connectivity index (χ4n) is 4.05. The lowest BCUT2D eigenvalue weighted by molar-refractivity contribution is -0.132. The highest BCUT2D eigenvalue weighted by Gasteiger charge is 2.43. The van der Waals surface area contributed by atoms with Gasteiger partial charge < -0.3 is 10.6 Å². The van der Waals surface area contributed by atoms with Crippen LogP contribution < -0.4 is 10.6 Å². The summed E-state index contributed by atoms with van der Waals surface area (Å²) in [7, 11) is 0. The molecule has 3 nitrogen and oxygen atoms in total. The van der Waals surface area contributed by atoms with Crippen molar-refractivity contribution in [3.05, 3.63) is 0 Å². The van der Waals surface area contributed by atoms with Crippen LogP contribution in [0, 0.1) is 23.2 Å². The second-order valence-corrected chi connectivity index (χ2v) is 7.42. The zero-order chi connectivity index (χ0) is 14.6. The van der Waals surface area contributed by atoms with Crippen molar-refractivity contribution in [2.45, 2.75) is 59.3 Å². The van der Waals surface area contributed by atoms with Crippen molar-refractivity contribution in [3.63, 3.8) is 0 Å². The summed E-state index contributed by atoms with van der Waals surface area (Å²) >= 11 is 0. The number of hydrogen-bond donors (Lipinski definition) is 2. The maximum absolute atomic E-state index is 12.6. The summed E-state index contributed by atoms with van der Waals surface area (Å²) in [5.74, 6) is 2.40. The van der Waals surface area contributed by atoms with Crippen LogP contribution in [0.4, 0.5) is 0 Å². The van der Waals surface area contributed by atoms with Crippen LogP contribution in [0.15, 0.2) is 0 Å². The molecule has 2 N–H and O–H groups in total. The van der Waals surface area contributed by atoms with Crippen LogP contribution >= 0.6 is 0 Å². The third-order valence-electron chi connectivity index (χ3n) is 5.63. The zero-order valence-electron chi connectivity index (χ0n) is 13.5. The van der Waals surface area contributed by atoms with E-state index in [0.29, 0.717) is 5.92 Å². The Morgan fingerprint density at radius 1 is 1.40 bits per heavy atom. The average molecular weight is 280 g/mol. The summed E-state index contributed by atoms with van der Waals surface area (Å²) in [6.45, 7) is 9.40. The Labute approximate surface area is 124 Å². The van der Waals surface area contributed by atoms with E-state index in [-0.39, 0.29) is 11.3 Å². The minimum atomic E-state index is -0.167. The van der Waals surface area contributed by atoms with E-state index in [2.05, 4.69) is 31.4 Å². The molecule has 0 aromatic rings. The third kappa shape index (κ3) is 3.55. The molecule has 0 radical (unpaired) electrons. The Hall–Kier alpha value is -0.570. The highest BCUT2D eigenvalue weighted by atomic mass is 16.2. The predicted octanol–water partition coefficient (Wildman–Crippen LogP) is 2.95. The molecule has 2 aliphatic rings. The third-order valence-corrected chi connectivity index (χ3v) is 5.63. The Bertz CT molecular complexity index is 321. The van der Waals surface area contributed by atoms with Crippen LogP contribution in [0.25, 0.3) is 0 Å². The first-order valence-corrected chi connectivity index (χ1v) is 8.53. The number of amides is 1. The van der Waals surface area contributed by atoms with Crippen molar-refractivity contribution in [2.24, 2.45) is 23.2 Å². The van der Waals surface area contributed by atoms with E-state index in [4.69, 9.17) is 0 Å². The minimum Gasteiger partial charge on any atom is -0.356 e. The maximum Gasteiger partial charge on any atom is 0.227 e. The minimum absolute atomic E-state index is 0.167. The molecule has 1 heterocycles. The van der Waals surface area contributed by atoms with E-state index in [1.165, 1.54) is 25.7 Å². The summed E-state index contributed by atoms with van der Waals surface area (Å²) in [5.41, 5.74) is -0.167. The fourth-order valence-corrected chi connectivity index (χ4v) is 4.05. The number of hydrogen-bond acceptors (Lipinski definition) is 2. The van der Waals surface area contributed by atoms with Gasteiger partial charge in [0.1, 0.15) is 0 Å². The lowest BCUT2D eigenvalue weighted by atomic mass is 9.75. The number of carbonyl (C=O) groups is 1. The summed E-state index contributed by atoms with van der Waals surface area (Å²) in [4.78, 5) is 12.6. The molecule has 2 rings (SSSR count). The van der Waals surface area contributed by atoms with E-state index in [1.807, 2.05) is 0 Å². The molecule has 0 bridgehead atoms. The van der Waals surface area contributed by atoms with Gasteiger partial charge in [-0.2, -0.15) is 0 Å². The second kappa shape index (κ2) is 6.93. The Balaban J connectivity index is 1.77. The molecule has 20 heavy (non-hydrogen) atoms. The molecule has 0 spiro atoms. The molecule has 3 unspecified atom stereocenters. The van der Waals surface area contributed by atoms with Gasteiger partial charge >= 0.3 is 0 Å². The van der Waals surface area contributed by atoms with E-state index in [1.54, 1.807) is 0 Å². The van der Waals surface area contributed by atoms with E-state index in [9.17, 15) is 4.79 Å². The number of rotatable bonds is 5. The predicted molar refractivity (Wildman–Crippen MR) is 83.5 cm³/mol. The van der Waals surface area contributed by atoms with E-state index in [0.717, 1.165) is 44.3 Å². The van der Waals surface area contributed by atoms with Crippen LogP contribution in [-0.4, -0.2) is 25.5 Å². The van der Waals surface area contributed by atoms with Crippen molar-refractivity contribution in [3.8, 4) is 0 Å². The second-order valence-electron chi connectivity index (χ2n) is 7.42. The smallest absolute Gasteiger partial charge is 0.227 e. The molecule has 1 saturated carbocycles. The van der Waals surface area contributed by atoms with Crippen LogP contribution in [0.2, 0.25) is 0 Å². The largest absolute Gasteiger partial charge is 0.356 e. The molecule has 0 aromatic carbocycles. The standard InChI is InChI=1S/C17H32N2O/c1-13(2)17(8-10-18-12-17)16(20)19-9-7-15-6-4-5-14(3)11-15/h13-15,18H,4-12H2,1-3H3,(H,19,20). The molecular weight excluding hydrogens is 248 g/mol. The summed E-state index contributed by atoms with van der Waals surface area (Å²) in [5, 5.41) is 6.59. The van der Waals surface area contributed by atoms with Crippen LogP contribution in [0.5, 0.6) is 0 Å². The zero-order valence-corrected chi connectivity index (χ0v) is 13.5. The van der Waals surface area contributed by atoms with Gasteiger partial charge in [0.25, 0.3) is 0 Å². The van der Waals surface area contributed by atoms with E-state index >= 15 is 0 Å². The number of nitrogens with one attached hydrogen (secondary N) is 2. The van der Waals surface area contributed by atoms with Gasteiger partial charge in [0.15, 0.2) is 0 Å². The van der Waals surface area contributed by atoms with Crippen molar-refractivity contribution in [2.75, 3.05) is 19.6 Å². The topological polar surface area (TPSA) is 41.1 Å². The lowest BCUT2D eigenvalue weighted by Gasteiger charge is -2.32. The van der Waals surface area contributed by atoms with Crippen molar-refractivity contribution in [1.29, 1.82) is 0 Å². The number of carbonyl (C=O) groups excluding carboxylic acids is 1. The Morgan fingerprint density at radius 2 is 2.20 bits per heavy atom. The molecule has 1 aliphatic heterocycles. The monoisotopic (exact) mass is 280 g/mol. The SMILES string of the molecule is CC1CCCC(CCNC(=O)C2(C(C)C)CCNC2)C1. The lowest BCUT2D eigenvalue weighted by Crippen LogP contribution is -2.46. The molecular formula is C17H32N2O. The van der Waals surface area contributed by atoms with Crippen molar-refractivity contribution in [1.82, 2.24) is 10.6 Å². The summed E-state index contributed by atoms with van der Waals surface area (Å²) < 4.78 is 0. The highest BCUT2D eigenvalue weighted by Crippen LogP contribution is 2.34. The molecule has 3 atom stereocenters. The van der Waals surface area contributed by atoms with Crippen LogP contribution in [0.3, 0.4) is 0 Å². The van der Waals surface area contributed by atoms with Crippen LogP contribution in [0.1, 0.15) is 59.3 Å². The fraction of sp³-hybridized carbons (Fsp3) is 0.941. The average Bonchev–Trinajstić information content (AvgIpc) is 2.89. The van der Waals surface area contributed by atoms with Gasteiger partial charge in [-0.15, -0.1) is 0 Å². The summed E-state index contributed by atoms with van der Waals surface area (Å²) in [6, 6.07) is 0. The molecule has 0 aromatic heterocycles. The molecule has 1 amide bonds. The van der Waals surface area contributed by atoms with Gasteiger partial charge in [0.05, 0.1) is 5.41 Å². The van der Waals surface area contributed by atoms with Gasteiger partial charge in [0.2, 0.25) is 5.91 Å². The van der Waals surface area contributed by atoms with Gasteiger partial charge in [-0.3, -0.25) is 4.79 Å². The first-order valence-electron chi connectivity index (χ1n) is 8.53. The van der Waals surface area contributed by atoms with Crippen molar-refractivity contribution < 1.29 is 4.79 Å². The highest BCUT2D eigenvalue weighted by molar-refractivity contribution is 5.83. The molecule has 1 aliphatic carbocycles. The maximum atomic E-state index is 12.6. The molecule has 1 saturated heterocycles.